The van der Waals surface area contributed by atoms with Crippen LogP contribution < -0.4 is 5.32 Å². The van der Waals surface area contributed by atoms with Crippen molar-refractivity contribution in [3.05, 3.63) is 23.5 Å². The first-order chi connectivity index (χ1) is 10.9. The summed E-state index contributed by atoms with van der Waals surface area (Å²) in [5.41, 5.74) is 0.703. The lowest BCUT2D eigenvalue weighted by Gasteiger charge is -2.29. The zero-order valence-corrected chi connectivity index (χ0v) is 13.9. The maximum Gasteiger partial charge on any atom is 0.355 e. The molecular weight excluding hydrogens is 296 g/mol. The molecule has 1 fully saturated rings. The number of rotatable bonds is 5. The van der Waals surface area contributed by atoms with Crippen molar-refractivity contribution in [2.24, 2.45) is 13.0 Å². The quantitative estimate of drug-likeness (QED) is 0.665. The molecule has 1 aliphatic rings. The Morgan fingerprint density at radius 2 is 2.00 bits per heavy atom. The number of aryl methyl sites for hydroxylation is 1. The molecule has 126 valence electrons. The summed E-state index contributed by atoms with van der Waals surface area (Å²) >= 11 is 0. The Morgan fingerprint density at radius 3 is 2.61 bits per heavy atom. The summed E-state index contributed by atoms with van der Waals surface area (Å²) in [5, 5.41) is 2.94. The van der Waals surface area contributed by atoms with Crippen LogP contribution in [0.2, 0.25) is 0 Å². The third-order valence-electron chi connectivity index (χ3n) is 4.41. The van der Waals surface area contributed by atoms with Crippen LogP contribution in [0.4, 0.5) is 0 Å². The van der Waals surface area contributed by atoms with Gasteiger partial charge >= 0.3 is 5.97 Å². The van der Waals surface area contributed by atoms with Crippen molar-refractivity contribution in [2.45, 2.75) is 45.6 Å². The molecule has 6 heteroatoms. The summed E-state index contributed by atoms with van der Waals surface area (Å²) in [6.45, 7) is 3.26. The largest absolute Gasteiger partial charge is 0.451 e. The first-order valence-corrected chi connectivity index (χ1v) is 8.02. The summed E-state index contributed by atoms with van der Waals surface area (Å²) in [5.74, 6) is -0.553. The van der Waals surface area contributed by atoms with Crippen LogP contribution >= 0.6 is 0 Å². The van der Waals surface area contributed by atoms with Crippen LogP contribution in [0.15, 0.2) is 12.3 Å². The molecule has 0 bridgehead atoms. The van der Waals surface area contributed by atoms with E-state index in [4.69, 9.17) is 4.74 Å². The maximum absolute atomic E-state index is 12.0. The summed E-state index contributed by atoms with van der Waals surface area (Å²) in [6, 6.07) is 1.64. The van der Waals surface area contributed by atoms with E-state index in [0.717, 1.165) is 19.3 Å². The van der Waals surface area contributed by atoms with Gasteiger partial charge in [0.15, 0.2) is 12.4 Å². The maximum atomic E-state index is 12.0. The van der Waals surface area contributed by atoms with E-state index in [1.54, 1.807) is 13.2 Å². The number of carbonyl (C=O) groups is 3. The molecule has 1 aliphatic carbocycles. The van der Waals surface area contributed by atoms with Gasteiger partial charge in [0.05, 0.1) is 0 Å². The zero-order valence-electron chi connectivity index (χ0n) is 13.9. The Hall–Kier alpha value is -2.11. The predicted molar refractivity (Wildman–Crippen MR) is 85.3 cm³/mol. The van der Waals surface area contributed by atoms with Crippen molar-refractivity contribution in [1.82, 2.24) is 9.88 Å². The standard InChI is InChI=1S/C17H24N2O4/c1-11-6-4-5-7-14(11)18-16(21)10-23-17(22)15-8-13(12(2)20)9-19(15)3/h8-9,11,14H,4-7,10H2,1-3H3,(H,18,21)/t11-,14+/m0/s1. The van der Waals surface area contributed by atoms with Gasteiger partial charge in [-0.3, -0.25) is 9.59 Å². The molecule has 23 heavy (non-hydrogen) atoms. The van der Waals surface area contributed by atoms with Crippen molar-refractivity contribution in [3.8, 4) is 0 Å². The molecule has 0 radical (unpaired) electrons. The smallest absolute Gasteiger partial charge is 0.355 e. The number of Topliss-reactive ketones (excluding diaryl/α,β-unsaturated/α-hetero) is 1. The van der Waals surface area contributed by atoms with Gasteiger partial charge in [0.1, 0.15) is 5.69 Å². The van der Waals surface area contributed by atoms with Gasteiger partial charge in [0.2, 0.25) is 0 Å². The average molecular weight is 320 g/mol. The van der Waals surface area contributed by atoms with Gasteiger partial charge < -0.3 is 14.6 Å². The lowest BCUT2D eigenvalue weighted by molar-refractivity contribution is -0.125. The Balaban J connectivity index is 1.86. The molecule has 2 atom stereocenters. The average Bonchev–Trinajstić information content (AvgIpc) is 2.89. The molecule has 0 aliphatic heterocycles. The van der Waals surface area contributed by atoms with Crippen molar-refractivity contribution < 1.29 is 19.1 Å². The van der Waals surface area contributed by atoms with Crippen molar-refractivity contribution in [1.29, 1.82) is 0 Å². The van der Waals surface area contributed by atoms with E-state index in [2.05, 4.69) is 12.2 Å². The van der Waals surface area contributed by atoms with E-state index in [0.29, 0.717) is 11.5 Å². The number of ketones is 1. The normalized spacial score (nSPS) is 20.8. The highest BCUT2D eigenvalue weighted by molar-refractivity contribution is 5.98. The van der Waals surface area contributed by atoms with Gasteiger partial charge in [0, 0.05) is 24.8 Å². The molecule has 1 aromatic rings. The summed E-state index contributed by atoms with van der Waals surface area (Å²) in [6.07, 6.45) is 5.98. The molecule has 0 spiro atoms. The Kier molecular flexibility index (Phi) is 5.58. The highest BCUT2D eigenvalue weighted by Crippen LogP contribution is 2.23. The fraction of sp³-hybridized carbons (Fsp3) is 0.588. The third-order valence-corrected chi connectivity index (χ3v) is 4.41. The first-order valence-electron chi connectivity index (χ1n) is 8.02. The molecule has 1 amide bonds. The zero-order chi connectivity index (χ0) is 17.0. The number of hydrogen-bond acceptors (Lipinski definition) is 4. The Bertz CT molecular complexity index is 606. The summed E-state index contributed by atoms with van der Waals surface area (Å²) < 4.78 is 6.59. The van der Waals surface area contributed by atoms with E-state index < -0.39 is 5.97 Å². The van der Waals surface area contributed by atoms with Crippen LogP contribution in [0.3, 0.4) is 0 Å². The predicted octanol–water partition coefficient (Wildman–Crippen LogP) is 2.08. The molecule has 2 rings (SSSR count). The highest BCUT2D eigenvalue weighted by atomic mass is 16.5. The van der Waals surface area contributed by atoms with Crippen molar-refractivity contribution >= 4 is 17.7 Å². The second-order valence-electron chi connectivity index (χ2n) is 6.29. The van der Waals surface area contributed by atoms with Gasteiger partial charge in [-0.1, -0.05) is 19.8 Å². The molecule has 1 aromatic heterocycles. The SMILES string of the molecule is CC(=O)c1cc(C(=O)OCC(=O)N[C@@H]2CCCC[C@@H]2C)n(C)c1. The third kappa shape index (κ3) is 4.43. The van der Waals surface area contributed by atoms with Gasteiger partial charge in [-0.05, 0) is 31.7 Å². The summed E-state index contributed by atoms with van der Waals surface area (Å²) in [4.78, 5) is 35.3. The number of nitrogens with zero attached hydrogens (tertiary/aromatic N) is 1. The van der Waals surface area contributed by atoms with E-state index in [-0.39, 0.29) is 30.0 Å². The fourth-order valence-electron chi connectivity index (χ4n) is 2.94. The number of amides is 1. The molecule has 1 N–H and O–H groups in total. The van der Waals surface area contributed by atoms with E-state index >= 15 is 0 Å². The van der Waals surface area contributed by atoms with Crippen LogP contribution in [0, 0.1) is 5.92 Å². The van der Waals surface area contributed by atoms with E-state index in [1.807, 2.05) is 0 Å². The molecule has 6 nitrogen and oxygen atoms in total. The van der Waals surface area contributed by atoms with Crippen LogP contribution in [0.25, 0.3) is 0 Å². The number of ether oxygens (including phenoxy) is 1. The topological polar surface area (TPSA) is 77.4 Å². The minimum absolute atomic E-state index is 0.122. The van der Waals surface area contributed by atoms with E-state index in [9.17, 15) is 14.4 Å². The Labute approximate surface area is 136 Å². The van der Waals surface area contributed by atoms with Crippen LogP contribution in [-0.2, 0) is 16.6 Å². The fourth-order valence-corrected chi connectivity index (χ4v) is 2.94. The molecule has 0 unspecified atom stereocenters. The minimum atomic E-state index is -0.605. The number of aromatic nitrogens is 1. The Morgan fingerprint density at radius 1 is 1.30 bits per heavy atom. The lowest BCUT2D eigenvalue weighted by Crippen LogP contribution is -2.42. The summed E-state index contributed by atoms with van der Waals surface area (Å²) in [7, 11) is 1.66. The molecule has 0 aromatic carbocycles. The molecule has 1 heterocycles. The van der Waals surface area contributed by atoms with Gasteiger partial charge in [-0.2, -0.15) is 0 Å². The van der Waals surface area contributed by atoms with Crippen molar-refractivity contribution in [3.63, 3.8) is 0 Å². The minimum Gasteiger partial charge on any atom is -0.451 e. The highest BCUT2D eigenvalue weighted by Gasteiger charge is 2.23. The lowest BCUT2D eigenvalue weighted by atomic mass is 9.86. The molecular formula is C17H24N2O4. The van der Waals surface area contributed by atoms with Crippen LogP contribution in [-0.4, -0.2) is 34.9 Å². The number of carbonyl (C=O) groups excluding carboxylic acids is 3. The second-order valence-corrected chi connectivity index (χ2v) is 6.29. The van der Waals surface area contributed by atoms with Gasteiger partial charge in [-0.25, -0.2) is 4.79 Å². The molecule has 1 saturated carbocycles. The second kappa shape index (κ2) is 7.44. The van der Waals surface area contributed by atoms with Crippen molar-refractivity contribution in [2.75, 3.05) is 6.61 Å². The molecule has 0 saturated heterocycles. The number of nitrogens with one attached hydrogen (secondary N) is 1. The number of hydrogen-bond donors (Lipinski definition) is 1. The number of esters is 1. The first kappa shape index (κ1) is 17.2. The van der Waals surface area contributed by atoms with Crippen LogP contribution in [0.1, 0.15) is 60.4 Å². The van der Waals surface area contributed by atoms with E-state index in [1.165, 1.54) is 24.0 Å². The monoisotopic (exact) mass is 320 g/mol. The van der Waals surface area contributed by atoms with Gasteiger partial charge in [-0.15, -0.1) is 0 Å². The van der Waals surface area contributed by atoms with Crippen LogP contribution in [0.5, 0.6) is 0 Å². The van der Waals surface area contributed by atoms with Gasteiger partial charge in [0.25, 0.3) is 5.91 Å².